The lowest BCUT2D eigenvalue weighted by Gasteiger charge is -2.35. The summed E-state index contributed by atoms with van der Waals surface area (Å²) in [6.07, 6.45) is 3.56. The summed E-state index contributed by atoms with van der Waals surface area (Å²) in [6, 6.07) is 12.7. The van der Waals surface area contributed by atoms with Crippen LogP contribution in [0, 0.1) is 18.3 Å². The third-order valence-electron chi connectivity index (χ3n) is 4.68. The zero-order valence-corrected chi connectivity index (χ0v) is 15.5. The zero-order chi connectivity index (χ0) is 19.5. The van der Waals surface area contributed by atoms with E-state index in [9.17, 15) is 4.79 Å². The molecular weight excluding hydrogens is 354 g/mol. The van der Waals surface area contributed by atoms with Crippen molar-refractivity contribution in [2.45, 2.75) is 6.92 Å². The standard InChI is InChI=1S/C20H19N7O/c1-15-23-18(13-19(24-15)27-7-3-6-22-27)25-8-10-26(11-9-25)20(28)17-5-2-4-16(12-17)14-21/h2-7,12-13H,8-11H2,1H3. The lowest BCUT2D eigenvalue weighted by Crippen LogP contribution is -2.49. The fourth-order valence-corrected chi connectivity index (χ4v) is 3.26. The maximum atomic E-state index is 12.7. The maximum Gasteiger partial charge on any atom is 0.254 e. The van der Waals surface area contributed by atoms with Crippen LogP contribution in [0.25, 0.3) is 5.82 Å². The van der Waals surface area contributed by atoms with Crippen LogP contribution in [0.2, 0.25) is 0 Å². The molecule has 3 heterocycles. The fourth-order valence-electron chi connectivity index (χ4n) is 3.26. The number of hydrogen-bond donors (Lipinski definition) is 0. The molecule has 0 atom stereocenters. The van der Waals surface area contributed by atoms with Gasteiger partial charge in [0, 0.05) is 50.2 Å². The second-order valence-electron chi connectivity index (χ2n) is 6.55. The molecule has 140 valence electrons. The number of rotatable bonds is 3. The Hall–Kier alpha value is -3.73. The van der Waals surface area contributed by atoms with E-state index in [1.54, 1.807) is 35.1 Å². The number of nitriles is 1. The van der Waals surface area contributed by atoms with Gasteiger partial charge in [-0.2, -0.15) is 10.4 Å². The van der Waals surface area contributed by atoms with Gasteiger partial charge in [-0.1, -0.05) is 6.07 Å². The van der Waals surface area contributed by atoms with Gasteiger partial charge in [0.15, 0.2) is 5.82 Å². The van der Waals surface area contributed by atoms with Crippen LogP contribution < -0.4 is 4.90 Å². The van der Waals surface area contributed by atoms with Gasteiger partial charge >= 0.3 is 0 Å². The highest BCUT2D eigenvalue weighted by atomic mass is 16.2. The summed E-state index contributed by atoms with van der Waals surface area (Å²) in [5.74, 6) is 2.18. The van der Waals surface area contributed by atoms with Gasteiger partial charge in [0.05, 0.1) is 11.6 Å². The van der Waals surface area contributed by atoms with Crippen molar-refractivity contribution in [1.82, 2.24) is 24.6 Å². The SMILES string of the molecule is Cc1nc(N2CCN(C(=O)c3cccc(C#N)c3)CC2)cc(-n2cccn2)n1. The van der Waals surface area contributed by atoms with Gasteiger partial charge in [-0.25, -0.2) is 14.6 Å². The Morgan fingerprint density at radius 1 is 1.07 bits per heavy atom. The molecular formula is C20H19N7O. The van der Waals surface area contributed by atoms with Gasteiger partial charge in [-0.3, -0.25) is 4.79 Å². The minimum Gasteiger partial charge on any atom is -0.353 e. The lowest BCUT2D eigenvalue weighted by molar-refractivity contribution is 0.0746. The van der Waals surface area contributed by atoms with E-state index in [-0.39, 0.29) is 5.91 Å². The molecule has 0 saturated carbocycles. The van der Waals surface area contributed by atoms with Crippen LogP contribution in [0.1, 0.15) is 21.7 Å². The molecule has 3 aromatic rings. The first-order valence-electron chi connectivity index (χ1n) is 9.04. The van der Waals surface area contributed by atoms with Crippen molar-refractivity contribution < 1.29 is 4.79 Å². The summed E-state index contributed by atoms with van der Waals surface area (Å²) < 4.78 is 1.71. The number of amides is 1. The number of anilines is 1. The fraction of sp³-hybridized carbons (Fsp3) is 0.250. The lowest BCUT2D eigenvalue weighted by atomic mass is 10.1. The Kier molecular flexibility index (Phi) is 4.72. The third kappa shape index (κ3) is 3.55. The molecule has 0 bridgehead atoms. The maximum absolute atomic E-state index is 12.7. The van der Waals surface area contributed by atoms with Crippen molar-refractivity contribution in [3.05, 3.63) is 65.7 Å². The average molecular weight is 373 g/mol. The van der Waals surface area contributed by atoms with Crippen molar-refractivity contribution in [3.63, 3.8) is 0 Å². The van der Waals surface area contributed by atoms with Crippen LogP contribution >= 0.6 is 0 Å². The van der Waals surface area contributed by atoms with Crippen LogP contribution in [-0.4, -0.2) is 56.7 Å². The van der Waals surface area contributed by atoms with E-state index in [2.05, 4.69) is 26.0 Å². The van der Waals surface area contributed by atoms with Crippen molar-refractivity contribution in [2.24, 2.45) is 0 Å². The van der Waals surface area contributed by atoms with Crippen LogP contribution in [0.15, 0.2) is 48.8 Å². The van der Waals surface area contributed by atoms with Gasteiger partial charge in [-0.05, 0) is 31.2 Å². The van der Waals surface area contributed by atoms with Crippen molar-refractivity contribution in [2.75, 3.05) is 31.1 Å². The number of nitrogens with zero attached hydrogens (tertiary/aromatic N) is 7. The second-order valence-corrected chi connectivity index (χ2v) is 6.55. The molecule has 0 spiro atoms. The van der Waals surface area contributed by atoms with Crippen LogP contribution in [0.5, 0.6) is 0 Å². The van der Waals surface area contributed by atoms with E-state index in [0.717, 1.165) is 11.6 Å². The van der Waals surface area contributed by atoms with Crippen LogP contribution in [-0.2, 0) is 0 Å². The summed E-state index contributed by atoms with van der Waals surface area (Å²) in [4.78, 5) is 25.7. The molecule has 28 heavy (non-hydrogen) atoms. The summed E-state index contributed by atoms with van der Waals surface area (Å²) in [6.45, 7) is 4.40. The molecule has 1 saturated heterocycles. The molecule has 1 aliphatic heterocycles. The van der Waals surface area contributed by atoms with Crippen molar-refractivity contribution in [1.29, 1.82) is 5.26 Å². The summed E-state index contributed by atoms with van der Waals surface area (Å²) in [5.41, 5.74) is 1.04. The van der Waals surface area contributed by atoms with Gasteiger partial charge in [-0.15, -0.1) is 0 Å². The minimum atomic E-state index is -0.0483. The van der Waals surface area contributed by atoms with Crippen LogP contribution in [0.4, 0.5) is 5.82 Å². The molecule has 1 aliphatic rings. The number of aryl methyl sites for hydroxylation is 1. The first-order chi connectivity index (χ1) is 13.6. The second kappa shape index (κ2) is 7.48. The highest BCUT2D eigenvalue weighted by Crippen LogP contribution is 2.18. The van der Waals surface area contributed by atoms with E-state index in [4.69, 9.17) is 5.26 Å². The topological polar surface area (TPSA) is 90.9 Å². The van der Waals surface area contributed by atoms with Gasteiger partial charge in [0.1, 0.15) is 11.6 Å². The Labute approximate surface area is 162 Å². The predicted molar refractivity (Wildman–Crippen MR) is 103 cm³/mol. The Bertz CT molecular complexity index is 1030. The Morgan fingerprint density at radius 3 is 2.57 bits per heavy atom. The monoisotopic (exact) mass is 373 g/mol. The number of benzene rings is 1. The van der Waals surface area contributed by atoms with Gasteiger partial charge in [0.25, 0.3) is 5.91 Å². The smallest absolute Gasteiger partial charge is 0.254 e. The predicted octanol–water partition coefficient (Wildman–Crippen LogP) is 1.80. The number of carbonyl (C=O) groups is 1. The van der Waals surface area contributed by atoms with E-state index >= 15 is 0 Å². The summed E-state index contributed by atoms with van der Waals surface area (Å²) in [7, 11) is 0. The average Bonchev–Trinajstić information content (AvgIpc) is 3.28. The molecule has 0 radical (unpaired) electrons. The Balaban J connectivity index is 1.47. The molecule has 0 unspecified atom stereocenters. The molecule has 0 N–H and O–H groups in total. The molecule has 0 aliphatic carbocycles. The molecule has 2 aromatic heterocycles. The minimum absolute atomic E-state index is 0.0483. The molecule has 4 rings (SSSR count). The van der Waals surface area contributed by atoms with Crippen molar-refractivity contribution >= 4 is 11.7 Å². The highest BCUT2D eigenvalue weighted by Gasteiger charge is 2.23. The van der Waals surface area contributed by atoms with E-state index in [0.29, 0.717) is 43.1 Å². The zero-order valence-electron chi connectivity index (χ0n) is 15.5. The largest absolute Gasteiger partial charge is 0.353 e. The molecule has 1 amide bonds. The van der Waals surface area contributed by atoms with E-state index < -0.39 is 0 Å². The molecule has 1 aromatic carbocycles. The highest BCUT2D eigenvalue weighted by molar-refractivity contribution is 5.94. The number of hydrogen-bond acceptors (Lipinski definition) is 6. The molecule has 8 heteroatoms. The first-order valence-corrected chi connectivity index (χ1v) is 9.04. The van der Waals surface area contributed by atoms with Gasteiger partial charge in [0.2, 0.25) is 0 Å². The number of carbonyl (C=O) groups excluding carboxylic acids is 1. The summed E-state index contributed by atoms with van der Waals surface area (Å²) in [5, 5.41) is 13.3. The third-order valence-corrected chi connectivity index (χ3v) is 4.68. The van der Waals surface area contributed by atoms with E-state index in [1.807, 2.05) is 30.2 Å². The normalized spacial score (nSPS) is 14.0. The Morgan fingerprint density at radius 2 is 1.86 bits per heavy atom. The first kappa shape index (κ1) is 17.7. The van der Waals surface area contributed by atoms with E-state index in [1.165, 1.54) is 0 Å². The molecule has 8 nitrogen and oxygen atoms in total. The number of piperazine rings is 1. The molecule has 1 fully saturated rings. The van der Waals surface area contributed by atoms with Crippen molar-refractivity contribution in [3.8, 4) is 11.9 Å². The summed E-state index contributed by atoms with van der Waals surface area (Å²) >= 11 is 0. The van der Waals surface area contributed by atoms with Gasteiger partial charge < -0.3 is 9.80 Å². The number of aromatic nitrogens is 4. The van der Waals surface area contributed by atoms with Crippen LogP contribution in [0.3, 0.4) is 0 Å². The quantitative estimate of drug-likeness (QED) is 0.695.